The monoisotopic (exact) mass is 731 g/mol. The number of aromatic hydroxyl groups is 1. The summed E-state index contributed by atoms with van der Waals surface area (Å²) in [5.41, 5.74) is 4.36. The number of phenolic OH excluding ortho intramolecular Hbond substituents is 1. The molecule has 0 amide bonds. The van der Waals surface area contributed by atoms with Gasteiger partial charge in [-0.1, -0.05) is 74.5 Å². The molecule has 7 nitrogen and oxygen atoms in total. The van der Waals surface area contributed by atoms with Crippen LogP contribution in [0, 0.1) is 24.2 Å². The van der Waals surface area contributed by atoms with Crippen LogP contribution in [0.15, 0.2) is 97.1 Å². The van der Waals surface area contributed by atoms with Crippen molar-refractivity contribution < 1.29 is 28.8 Å². The minimum atomic E-state index is -0.618. The number of hydrogen-bond donors (Lipinski definition) is 1. The number of nitrogens with zero attached hydrogens (tertiary/aromatic N) is 1. The van der Waals surface area contributed by atoms with Gasteiger partial charge in [0.2, 0.25) is 0 Å². The fourth-order valence-corrected chi connectivity index (χ4v) is 6.89. The molecule has 4 rings (SSSR count). The lowest BCUT2D eigenvalue weighted by Gasteiger charge is -2.37. The smallest absolute Gasteiger partial charge is 0.310 e. The third kappa shape index (κ3) is 12.1. The Balaban J connectivity index is 1.77. The summed E-state index contributed by atoms with van der Waals surface area (Å²) in [7, 11) is 0. The first-order valence-corrected chi connectivity index (χ1v) is 18.8. The van der Waals surface area contributed by atoms with Crippen molar-refractivity contribution in [3.63, 3.8) is 0 Å². The van der Waals surface area contributed by atoms with Gasteiger partial charge in [-0.15, -0.1) is 0 Å². The molecule has 286 valence electrons. The number of phenols is 1. The lowest BCUT2D eigenvalue weighted by atomic mass is 9.66. The van der Waals surface area contributed by atoms with Gasteiger partial charge in [0.25, 0.3) is 0 Å². The van der Waals surface area contributed by atoms with Gasteiger partial charge in [-0.2, -0.15) is 5.26 Å². The van der Waals surface area contributed by atoms with Crippen LogP contribution in [0.3, 0.4) is 0 Å². The molecule has 0 heterocycles. The van der Waals surface area contributed by atoms with Gasteiger partial charge in [-0.3, -0.25) is 4.79 Å². The number of nitriles is 1. The molecule has 54 heavy (non-hydrogen) atoms. The maximum Gasteiger partial charge on any atom is 0.310 e. The fraction of sp³-hybridized carbons (Fsp3) is 0.404. The molecule has 4 aromatic carbocycles. The van der Waals surface area contributed by atoms with Gasteiger partial charge in [0.15, 0.2) is 6.29 Å². The van der Waals surface area contributed by atoms with E-state index in [4.69, 9.17) is 18.9 Å². The summed E-state index contributed by atoms with van der Waals surface area (Å²) in [6.45, 7) is 20.4. The molecule has 0 fully saturated rings. The molecule has 0 saturated carbocycles. The molecule has 0 saturated heterocycles. The molecule has 0 aliphatic rings. The Hall–Kier alpha value is -4.80. The molecule has 0 aliphatic heterocycles. The second kappa shape index (κ2) is 18.5. The molecular formula is C47H57NO6. The largest absolute Gasteiger partial charge is 0.508 e. The lowest BCUT2D eigenvalue weighted by Crippen LogP contribution is -2.24. The van der Waals surface area contributed by atoms with Crippen LogP contribution in [0.5, 0.6) is 17.2 Å². The van der Waals surface area contributed by atoms with E-state index < -0.39 is 17.5 Å². The molecule has 0 aliphatic carbocycles. The Morgan fingerprint density at radius 2 is 1.13 bits per heavy atom. The van der Waals surface area contributed by atoms with E-state index in [1.165, 1.54) is 6.42 Å². The lowest BCUT2D eigenvalue weighted by molar-refractivity contribution is -0.150. The van der Waals surface area contributed by atoms with Crippen molar-refractivity contribution in [2.75, 3.05) is 6.61 Å². The van der Waals surface area contributed by atoms with E-state index in [9.17, 15) is 15.2 Å². The predicted octanol–water partition coefficient (Wildman–Crippen LogP) is 11.2. The van der Waals surface area contributed by atoms with Gasteiger partial charge in [0.05, 0.1) is 18.4 Å². The number of esters is 1. The Morgan fingerprint density at radius 1 is 0.685 bits per heavy atom. The summed E-state index contributed by atoms with van der Waals surface area (Å²) in [5.74, 6) is 0.695. The highest BCUT2D eigenvalue weighted by Gasteiger charge is 2.35. The standard InChI is InChI=1S/C47H57NO6/c1-11-51-33(4)52-41-25-18-37(19-26-41)45(32(3)35-16-23-40(49)24-17-35)44(38-20-27-42(28-21-38)53-46(5,6)7)31(2)34-12-14-36(15-13-34)39(30-48)22-29-43(50)54-47(8,9)10/h12-29,31-33,39,44-45,49H,11H2,1-10H3. The first kappa shape index (κ1) is 41.9. The van der Waals surface area contributed by atoms with E-state index >= 15 is 0 Å². The number of ether oxygens (including phenoxy) is 4. The molecule has 1 N–H and O–H groups in total. The summed E-state index contributed by atoms with van der Waals surface area (Å²) < 4.78 is 23.3. The van der Waals surface area contributed by atoms with E-state index in [0.29, 0.717) is 6.61 Å². The van der Waals surface area contributed by atoms with Gasteiger partial charge in [-0.05, 0) is 150 Å². The molecule has 7 heteroatoms. The Morgan fingerprint density at radius 3 is 1.57 bits per heavy atom. The quantitative estimate of drug-likeness (QED) is 0.0905. The molecule has 4 aromatic rings. The minimum Gasteiger partial charge on any atom is -0.508 e. The summed E-state index contributed by atoms with van der Waals surface area (Å²) in [6, 6.07) is 34.6. The number of benzene rings is 4. The second-order valence-corrected chi connectivity index (χ2v) is 15.9. The van der Waals surface area contributed by atoms with Crippen LogP contribution in [-0.4, -0.2) is 35.2 Å². The maximum atomic E-state index is 12.3. The summed E-state index contributed by atoms with van der Waals surface area (Å²) in [6.07, 6.45) is 2.56. The Kier molecular flexibility index (Phi) is 14.4. The average Bonchev–Trinajstić information content (AvgIpc) is 3.10. The van der Waals surface area contributed by atoms with Crippen molar-refractivity contribution >= 4 is 5.97 Å². The zero-order valence-corrected chi connectivity index (χ0v) is 33.5. The minimum absolute atomic E-state index is 0.0133. The third-order valence-electron chi connectivity index (χ3n) is 9.33. The van der Waals surface area contributed by atoms with Gasteiger partial charge in [-0.25, -0.2) is 0 Å². The van der Waals surface area contributed by atoms with Crippen molar-refractivity contribution in [3.05, 3.63) is 138 Å². The molecule has 0 spiro atoms. The van der Waals surface area contributed by atoms with Crippen molar-refractivity contribution in [2.45, 2.75) is 116 Å². The van der Waals surface area contributed by atoms with Crippen molar-refractivity contribution in [1.82, 2.24) is 0 Å². The van der Waals surface area contributed by atoms with Crippen LogP contribution < -0.4 is 9.47 Å². The summed E-state index contributed by atoms with van der Waals surface area (Å²) in [4.78, 5) is 12.3. The fourth-order valence-electron chi connectivity index (χ4n) is 6.89. The second-order valence-electron chi connectivity index (χ2n) is 15.9. The van der Waals surface area contributed by atoms with Gasteiger partial charge in [0.1, 0.15) is 28.5 Å². The number of hydrogen-bond acceptors (Lipinski definition) is 7. The van der Waals surface area contributed by atoms with Crippen molar-refractivity contribution in [1.29, 1.82) is 5.26 Å². The molecule has 2 radical (unpaired) electrons. The predicted molar refractivity (Wildman–Crippen MR) is 215 cm³/mol. The highest BCUT2D eigenvalue weighted by Crippen LogP contribution is 2.50. The van der Waals surface area contributed by atoms with Gasteiger partial charge >= 0.3 is 5.97 Å². The highest BCUT2D eigenvalue weighted by molar-refractivity contribution is 5.81. The molecule has 6 atom stereocenters. The van der Waals surface area contributed by atoms with E-state index in [1.807, 2.05) is 104 Å². The normalized spacial score (nSPS) is 15.2. The average molecular weight is 732 g/mol. The third-order valence-corrected chi connectivity index (χ3v) is 9.33. The maximum absolute atomic E-state index is 12.3. The zero-order valence-electron chi connectivity index (χ0n) is 33.5. The molecule has 6 unspecified atom stereocenters. The molecular weight excluding hydrogens is 675 g/mol. The van der Waals surface area contributed by atoms with E-state index in [1.54, 1.807) is 18.6 Å². The summed E-state index contributed by atoms with van der Waals surface area (Å²) >= 11 is 0. The molecule has 0 bridgehead atoms. The van der Waals surface area contributed by atoms with E-state index in [0.717, 1.165) is 39.3 Å². The number of carbonyl (C=O) groups excluding carboxylic acids is 1. The molecule has 0 aromatic heterocycles. The number of carbonyl (C=O) groups is 1. The highest BCUT2D eigenvalue weighted by atomic mass is 16.7. The van der Waals surface area contributed by atoms with Gasteiger partial charge in [0, 0.05) is 6.61 Å². The Labute approximate surface area is 323 Å². The SMILES string of the molecule is CCOC(C)Oc1ccc(C(C(C)c2ccc(O)cc2)C(c2ccc(OC(C)(C)C)cc2)C(C)c2ccc(C(C#N)[CH][CH]C(=O)OC(C)(C)C)cc2)cc1. The van der Waals surface area contributed by atoms with Gasteiger partial charge < -0.3 is 24.1 Å². The van der Waals surface area contributed by atoms with Crippen LogP contribution in [0.25, 0.3) is 0 Å². The first-order valence-electron chi connectivity index (χ1n) is 18.8. The number of rotatable bonds is 16. The Bertz CT molecular complexity index is 1800. The van der Waals surface area contributed by atoms with Crippen LogP contribution in [0.4, 0.5) is 0 Å². The van der Waals surface area contributed by atoms with Crippen LogP contribution in [0.1, 0.15) is 127 Å². The van der Waals surface area contributed by atoms with Crippen LogP contribution in [0.2, 0.25) is 0 Å². The van der Waals surface area contributed by atoms with Crippen molar-refractivity contribution in [2.24, 2.45) is 0 Å². The first-order chi connectivity index (χ1) is 25.5. The summed E-state index contributed by atoms with van der Waals surface area (Å²) in [5, 5.41) is 20.2. The van der Waals surface area contributed by atoms with E-state index in [-0.39, 0.29) is 41.3 Å². The zero-order chi connectivity index (χ0) is 39.6. The van der Waals surface area contributed by atoms with E-state index in [2.05, 4.69) is 56.3 Å². The van der Waals surface area contributed by atoms with Crippen LogP contribution in [-0.2, 0) is 14.3 Å². The van der Waals surface area contributed by atoms with Crippen LogP contribution >= 0.6 is 0 Å². The van der Waals surface area contributed by atoms with Crippen molar-refractivity contribution in [3.8, 4) is 23.3 Å². The topological polar surface area (TPSA) is 98.0 Å².